The van der Waals surface area contributed by atoms with E-state index in [0.717, 1.165) is 32.1 Å². The van der Waals surface area contributed by atoms with Gasteiger partial charge in [0.25, 0.3) is 0 Å². The lowest BCUT2D eigenvalue weighted by Gasteiger charge is -2.20. The van der Waals surface area contributed by atoms with Crippen molar-refractivity contribution in [2.75, 3.05) is 7.11 Å². The molecule has 0 aliphatic carbocycles. The summed E-state index contributed by atoms with van der Waals surface area (Å²) in [7, 11) is 1.68. The predicted octanol–water partition coefficient (Wildman–Crippen LogP) is 3.19. The van der Waals surface area contributed by atoms with E-state index in [2.05, 4.69) is 31.2 Å². The summed E-state index contributed by atoms with van der Waals surface area (Å²) >= 11 is 0. The molecule has 0 saturated heterocycles. The van der Waals surface area contributed by atoms with Gasteiger partial charge in [-0.1, -0.05) is 43.7 Å². The van der Waals surface area contributed by atoms with Crippen molar-refractivity contribution < 1.29 is 9.84 Å². The molecule has 0 saturated carbocycles. The van der Waals surface area contributed by atoms with Gasteiger partial charge in [0, 0.05) is 7.11 Å². The molecule has 0 aliphatic rings. The molecular weight excluding hydrogens is 212 g/mol. The Balaban J connectivity index is 2.25. The van der Waals surface area contributed by atoms with E-state index in [-0.39, 0.29) is 12.2 Å². The highest BCUT2D eigenvalue weighted by Crippen LogP contribution is 2.13. The SMILES string of the molecule is CCCC(OC)C(O)CCCc1ccccc1. The van der Waals surface area contributed by atoms with E-state index in [4.69, 9.17) is 4.74 Å². The number of aliphatic hydroxyl groups excluding tert-OH is 1. The molecule has 1 aromatic carbocycles. The van der Waals surface area contributed by atoms with Gasteiger partial charge in [0.1, 0.15) is 0 Å². The molecule has 1 rings (SSSR count). The van der Waals surface area contributed by atoms with Crippen LogP contribution in [-0.2, 0) is 11.2 Å². The van der Waals surface area contributed by atoms with Gasteiger partial charge in [-0.25, -0.2) is 0 Å². The normalized spacial score (nSPS) is 14.5. The molecule has 1 N–H and O–H groups in total. The van der Waals surface area contributed by atoms with Crippen LogP contribution in [0.25, 0.3) is 0 Å². The van der Waals surface area contributed by atoms with Gasteiger partial charge < -0.3 is 9.84 Å². The van der Waals surface area contributed by atoms with Crippen molar-refractivity contribution in [2.24, 2.45) is 0 Å². The zero-order valence-electron chi connectivity index (χ0n) is 10.9. The Morgan fingerprint density at radius 3 is 2.47 bits per heavy atom. The van der Waals surface area contributed by atoms with Crippen molar-refractivity contribution in [3.8, 4) is 0 Å². The molecule has 0 heterocycles. The highest BCUT2D eigenvalue weighted by Gasteiger charge is 2.16. The first-order valence-electron chi connectivity index (χ1n) is 6.52. The maximum atomic E-state index is 9.99. The molecule has 2 heteroatoms. The molecule has 2 nitrogen and oxygen atoms in total. The monoisotopic (exact) mass is 236 g/mol. The summed E-state index contributed by atoms with van der Waals surface area (Å²) in [4.78, 5) is 0. The minimum atomic E-state index is -0.330. The van der Waals surface area contributed by atoms with Gasteiger partial charge in [-0.3, -0.25) is 0 Å². The Hall–Kier alpha value is -0.860. The smallest absolute Gasteiger partial charge is 0.0830 e. The fraction of sp³-hybridized carbons (Fsp3) is 0.600. The van der Waals surface area contributed by atoms with Gasteiger partial charge in [0.05, 0.1) is 12.2 Å². The summed E-state index contributed by atoms with van der Waals surface area (Å²) < 4.78 is 5.31. The van der Waals surface area contributed by atoms with Crippen LogP contribution in [0.4, 0.5) is 0 Å². The van der Waals surface area contributed by atoms with Crippen LogP contribution in [0.2, 0.25) is 0 Å². The lowest BCUT2D eigenvalue weighted by atomic mass is 10.0. The van der Waals surface area contributed by atoms with Crippen molar-refractivity contribution in [1.82, 2.24) is 0 Å². The van der Waals surface area contributed by atoms with Crippen molar-refractivity contribution in [3.63, 3.8) is 0 Å². The third-order valence-electron chi connectivity index (χ3n) is 3.11. The summed E-state index contributed by atoms with van der Waals surface area (Å²) in [5.41, 5.74) is 1.34. The molecule has 96 valence electrons. The Kier molecular flexibility index (Phi) is 6.90. The summed E-state index contributed by atoms with van der Waals surface area (Å²) in [6.07, 6.45) is 4.50. The molecule has 0 amide bonds. The number of methoxy groups -OCH3 is 1. The van der Waals surface area contributed by atoms with Gasteiger partial charge >= 0.3 is 0 Å². The van der Waals surface area contributed by atoms with Crippen molar-refractivity contribution >= 4 is 0 Å². The van der Waals surface area contributed by atoms with Gasteiger partial charge in [-0.2, -0.15) is 0 Å². The summed E-state index contributed by atoms with van der Waals surface area (Å²) in [5.74, 6) is 0. The lowest BCUT2D eigenvalue weighted by molar-refractivity contribution is -0.0208. The van der Waals surface area contributed by atoms with Crippen LogP contribution in [0.5, 0.6) is 0 Å². The molecular formula is C15H24O2. The number of aliphatic hydroxyl groups is 1. The molecule has 17 heavy (non-hydrogen) atoms. The molecule has 0 fully saturated rings. The standard InChI is InChI=1S/C15H24O2/c1-3-8-15(17-2)14(16)12-7-11-13-9-5-4-6-10-13/h4-6,9-10,14-16H,3,7-8,11-12H2,1-2H3. The van der Waals surface area contributed by atoms with E-state index in [1.54, 1.807) is 7.11 Å². The number of hydrogen-bond donors (Lipinski definition) is 1. The summed E-state index contributed by atoms with van der Waals surface area (Å²) in [6, 6.07) is 10.4. The second kappa shape index (κ2) is 8.26. The number of hydrogen-bond acceptors (Lipinski definition) is 2. The van der Waals surface area contributed by atoms with Crippen LogP contribution < -0.4 is 0 Å². The number of aryl methyl sites for hydroxylation is 1. The van der Waals surface area contributed by atoms with E-state index in [0.29, 0.717) is 0 Å². The number of ether oxygens (including phenoxy) is 1. The predicted molar refractivity (Wildman–Crippen MR) is 71.1 cm³/mol. The largest absolute Gasteiger partial charge is 0.390 e. The van der Waals surface area contributed by atoms with E-state index in [9.17, 15) is 5.11 Å². The molecule has 0 aliphatic heterocycles. The number of rotatable bonds is 8. The quantitative estimate of drug-likeness (QED) is 0.751. The lowest BCUT2D eigenvalue weighted by Crippen LogP contribution is -2.27. The molecule has 0 spiro atoms. The summed E-state index contributed by atoms with van der Waals surface area (Å²) in [6.45, 7) is 2.11. The fourth-order valence-corrected chi connectivity index (χ4v) is 2.10. The average molecular weight is 236 g/mol. The Morgan fingerprint density at radius 1 is 1.18 bits per heavy atom. The first-order chi connectivity index (χ1) is 8.27. The van der Waals surface area contributed by atoms with Crippen LogP contribution in [0, 0.1) is 0 Å². The zero-order valence-corrected chi connectivity index (χ0v) is 10.9. The topological polar surface area (TPSA) is 29.5 Å². The van der Waals surface area contributed by atoms with E-state index >= 15 is 0 Å². The first kappa shape index (κ1) is 14.2. The maximum Gasteiger partial charge on any atom is 0.0830 e. The fourth-order valence-electron chi connectivity index (χ4n) is 2.10. The average Bonchev–Trinajstić information content (AvgIpc) is 2.37. The van der Waals surface area contributed by atoms with Gasteiger partial charge in [-0.15, -0.1) is 0 Å². The Morgan fingerprint density at radius 2 is 1.88 bits per heavy atom. The minimum Gasteiger partial charge on any atom is -0.390 e. The van der Waals surface area contributed by atoms with E-state index in [1.807, 2.05) is 6.07 Å². The van der Waals surface area contributed by atoms with Crippen LogP contribution in [-0.4, -0.2) is 24.4 Å². The van der Waals surface area contributed by atoms with Gasteiger partial charge in [-0.05, 0) is 31.2 Å². The molecule has 1 aromatic rings. The minimum absolute atomic E-state index is 0.00391. The van der Waals surface area contributed by atoms with Crippen LogP contribution in [0.15, 0.2) is 30.3 Å². The van der Waals surface area contributed by atoms with Crippen LogP contribution in [0.1, 0.15) is 38.2 Å². The van der Waals surface area contributed by atoms with Crippen LogP contribution >= 0.6 is 0 Å². The highest BCUT2D eigenvalue weighted by molar-refractivity contribution is 5.14. The Bertz CT molecular complexity index is 284. The van der Waals surface area contributed by atoms with Gasteiger partial charge in [0.2, 0.25) is 0 Å². The molecule has 0 bridgehead atoms. The third-order valence-corrected chi connectivity index (χ3v) is 3.11. The van der Waals surface area contributed by atoms with Crippen LogP contribution in [0.3, 0.4) is 0 Å². The Labute approximate surface area is 105 Å². The summed E-state index contributed by atoms with van der Waals surface area (Å²) in [5, 5.41) is 9.99. The first-order valence-corrected chi connectivity index (χ1v) is 6.52. The molecule has 2 atom stereocenters. The molecule has 2 unspecified atom stereocenters. The maximum absolute atomic E-state index is 9.99. The van der Waals surface area contributed by atoms with Gasteiger partial charge in [0.15, 0.2) is 0 Å². The van der Waals surface area contributed by atoms with Crippen molar-refractivity contribution in [2.45, 2.75) is 51.2 Å². The molecule has 0 aromatic heterocycles. The number of benzene rings is 1. The zero-order chi connectivity index (χ0) is 12.5. The third kappa shape index (κ3) is 5.33. The van der Waals surface area contributed by atoms with Crippen molar-refractivity contribution in [1.29, 1.82) is 0 Å². The van der Waals surface area contributed by atoms with E-state index in [1.165, 1.54) is 5.56 Å². The second-order valence-corrected chi connectivity index (χ2v) is 4.51. The van der Waals surface area contributed by atoms with E-state index < -0.39 is 0 Å². The second-order valence-electron chi connectivity index (χ2n) is 4.51. The van der Waals surface area contributed by atoms with Crippen molar-refractivity contribution in [3.05, 3.63) is 35.9 Å². The molecule has 0 radical (unpaired) electrons. The highest BCUT2D eigenvalue weighted by atomic mass is 16.5.